The second-order valence-corrected chi connectivity index (χ2v) is 6.25. The molecule has 1 aliphatic carbocycles. The first-order valence-electron chi connectivity index (χ1n) is 6.17. The molecule has 4 nitrogen and oxygen atoms in total. The van der Waals surface area contributed by atoms with Crippen LogP contribution in [0.1, 0.15) is 23.2 Å². The number of hydrogen-bond acceptors (Lipinski definition) is 3. The predicted octanol–water partition coefficient (Wildman–Crippen LogP) is 1.77. The molecule has 1 saturated carbocycles. The van der Waals surface area contributed by atoms with Gasteiger partial charge in [-0.25, -0.2) is 4.39 Å². The average molecular weight is 329 g/mol. The molecular weight excluding hydrogens is 315 g/mol. The molecule has 0 aromatic heterocycles. The van der Waals surface area contributed by atoms with Gasteiger partial charge in [0, 0.05) is 4.47 Å². The number of likely N-dealkylation sites (tertiary alicyclic amines) is 1. The standard InChI is InChI=1S/C13H14BrFN2O2/c14-9-4-10(15)11(16)3-8(9)12(18)17-5-13(19,6-17)7-1-2-7/h3-4,7,19H,1-2,5-6,16H2. The van der Waals surface area contributed by atoms with Crippen molar-refractivity contribution in [3.8, 4) is 0 Å². The molecule has 19 heavy (non-hydrogen) atoms. The highest BCUT2D eigenvalue weighted by Gasteiger charge is 2.53. The number of amides is 1. The Morgan fingerprint density at radius 1 is 1.47 bits per heavy atom. The third kappa shape index (κ3) is 2.12. The SMILES string of the molecule is Nc1cc(C(=O)N2CC(O)(C3CC3)C2)c(Br)cc1F. The third-order valence-electron chi connectivity index (χ3n) is 3.87. The van der Waals surface area contributed by atoms with Crippen LogP contribution in [0.3, 0.4) is 0 Å². The number of aliphatic hydroxyl groups is 1. The number of β-amino-alcohol motifs (C(OH)–C–C–N with tert-alkyl or cyclic N) is 1. The second-order valence-electron chi connectivity index (χ2n) is 5.39. The van der Waals surface area contributed by atoms with Crippen LogP contribution in [0.15, 0.2) is 16.6 Å². The lowest BCUT2D eigenvalue weighted by atomic mass is 9.88. The largest absolute Gasteiger partial charge is 0.396 e. The summed E-state index contributed by atoms with van der Waals surface area (Å²) in [7, 11) is 0. The van der Waals surface area contributed by atoms with Gasteiger partial charge in [0.05, 0.1) is 24.3 Å². The highest BCUT2D eigenvalue weighted by atomic mass is 79.9. The molecule has 1 aliphatic heterocycles. The summed E-state index contributed by atoms with van der Waals surface area (Å²) in [6, 6.07) is 2.52. The number of nitrogens with two attached hydrogens (primary N) is 1. The number of anilines is 1. The molecule has 1 heterocycles. The number of hydrogen-bond donors (Lipinski definition) is 2. The van der Waals surface area contributed by atoms with Gasteiger partial charge in [-0.05, 0) is 46.8 Å². The van der Waals surface area contributed by atoms with Crippen LogP contribution >= 0.6 is 15.9 Å². The first-order chi connectivity index (χ1) is 8.90. The van der Waals surface area contributed by atoms with E-state index in [4.69, 9.17) is 5.73 Å². The zero-order valence-corrected chi connectivity index (χ0v) is 11.8. The Labute approximate surface area is 118 Å². The minimum Gasteiger partial charge on any atom is -0.396 e. The normalized spacial score (nSPS) is 21.1. The van der Waals surface area contributed by atoms with Crippen LogP contribution in [0.2, 0.25) is 0 Å². The fourth-order valence-electron chi connectivity index (χ4n) is 2.54. The van der Waals surface area contributed by atoms with Crippen molar-refractivity contribution in [1.29, 1.82) is 0 Å². The number of benzene rings is 1. The number of carbonyl (C=O) groups is 1. The van der Waals surface area contributed by atoms with Crippen molar-refractivity contribution >= 4 is 27.5 Å². The number of rotatable bonds is 2. The Morgan fingerprint density at radius 3 is 2.68 bits per heavy atom. The molecule has 2 aliphatic rings. The van der Waals surface area contributed by atoms with Crippen LogP contribution in [0.4, 0.5) is 10.1 Å². The lowest BCUT2D eigenvalue weighted by Gasteiger charge is -2.47. The minimum absolute atomic E-state index is 0.0514. The first kappa shape index (κ1) is 12.9. The lowest BCUT2D eigenvalue weighted by molar-refractivity contribution is -0.0958. The molecule has 0 bridgehead atoms. The Balaban J connectivity index is 1.77. The van der Waals surface area contributed by atoms with Gasteiger partial charge >= 0.3 is 0 Å². The van der Waals surface area contributed by atoms with E-state index in [1.54, 1.807) is 4.90 Å². The topological polar surface area (TPSA) is 66.6 Å². The van der Waals surface area contributed by atoms with E-state index in [0.29, 0.717) is 29.0 Å². The van der Waals surface area contributed by atoms with Gasteiger partial charge in [-0.2, -0.15) is 0 Å². The average Bonchev–Trinajstić information content (AvgIpc) is 3.13. The van der Waals surface area contributed by atoms with Crippen molar-refractivity contribution < 1.29 is 14.3 Å². The van der Waals surface area contributed by atoms with E-state index in [1.807, 2.05) is 0 Å². The van der Waals surface area contributed by atoms with E-state index >= 15 is 0 Å². The zero-order chi connectivity index (χ0) is 13.8. The van der Waals surface area contributed by atoms with Crippen molar-refractivity contribution in [2.24, 2.45) is 5.92 Å². The van der Waals surface area contributed by atoms with Crippen LogP contribution in [0.5, 0.6) is 0 Å². The zero-order valence-electron chi connectivity index (χ0n) is 10.2. The highest BCUT2D eigenvalue weighted by molar-refractivity contribution is 9.10. The summed E-state index contributed by atoms with van der Waals surface area (Å²) >= 11 is 3.17. The van der Waals surface area contributed by atoms with Gasteiger partial charge in [0.25, 0.3) is 5.91 Å². The number of carbonyl (C=O) groups excluding carboxylic acids is 1. The van der Waals surface area contributed by atoms with Crippen molar-refractivity contribution in [2.45, 2.75) is 18.4 Å². The number of nitrogens with zero attached hydrogens (tertiary/aromatic N) is 1. The third-order valence-corrected chi connectivity index (χ3v) is 4.53. The summed E-state index contributed by atoms with van der Waals surface area (Å²) in [5, 5.41) is 10.2. The van der Waals surface area contributed by atoms with Crippen LogP contribution < -0.4 is 5.73 Å². The molecule has 1 saturated heterocycles. The van der Waals surface area contributed by atoms with Gasteiger partial charge < -0.3 is 15.7 Å². The summed E-state index contributed by atoms with van der Waals surface area (Å²) in [6.07, 6.45) is 2.07. The molecule has 1 amide bonds. The molecule has 102 valence electrons. The molecule has 2 fully saturated rings. The first-order valence-corrected chi connectivity index (χ1v) is 6.96. The summed E-state index contributed by atoms with van der Waals surface area (Å²) in [5.74, 6) is -0.455. The fourth-order valence-corrected chi connectivity index (χ4v) is 3.02. The van der Waals surface area contributed by atoms with Crippen LogP contribution in [0, 0.1) is 11.7 Å². The Kier molecular flexibility index (Phi) is 2.83. The van der Waals surface area contributed by atoms with Gasteiger partial charge in [0.2, 0.25) is 0 Å². The van der Waals surface area contributed by atoms with E-state index in [0.717, 1.165) is 12.8 Å². The monoisotopic (exact) mass is 328 g/mol. The lowest BCUT2D eigenvalue weighted by Crippen LogP contribution is -2.64. The maximum Gasteiger partial charge on any atom is 0.255 e. The van der Waals surface area contributed by atoms with E-state index in [1.165, 1.54) is 12.1 Å². The van der Waals surface area contributed by atoms with E-state index in [-0.39, 0.29) is 11.6 Å². The Hall–Kier alpha value is -1.14. The second kappa shape index (κ2) is 4.18. The smallest absolute Gasteiger partial charge is 0.255 e. The van der Waals surface area contributed by atoms with Crippen LogP contribution in [-0.4, -0.2) is 34.6 Å². The van der Waals surface area contributed by atoms with Gasteiger partial charge in [0.15, 0.2) is 0 Å². The highest BCUT2D eigenvalue weighted by Crippen LogP contribution is 2.45. The van der Waals surface area contributed by atoms with Crippen LogP contribution in [0.25, 0.3) is 0 Å². The van der Waals surface area contributed by atoms with Gasteiger partial charge in [0.1, 0.15) is 11.4 Å². The molecule has 0 atom stereocenters. The summed E-state index contributed by atoms with van der Waals surface area (Å²) in [4.78, 5) is 13.8. The summed E-state index contributed by atoms with van der Waals surface area (Å²) in [6.45, 7) is 0.695. The van der Waals surface area contributed by atoms with Gasteiger partial charge in [-0.1, -0.05) is 0 Å². The quantitative estimate of drug-likeness (QED) is 0.813. The van der Waals surface area contributed by atoms with Crippen molar-refractivity contribution in [1.82, 2.24) is 4.90 Å². The Bertz CT molecular complexity index is 554. The minimum atomic E-state index is -0.715. The molecule has 1 aromatic rings. The molecule has 6 heteroatoms. The Morgan fingerprint density at radius 2 is 2.11 bits per heavy atom. The molecule has 0 radical (unpaired) electrons. The van der Waals surface area contributed by atoms with Crippen molar-refractivity contribution in [3.05, 3.63) is 28.0 Å². The van der Waals surface area contributed by atoms with Crippen molar-refractivity contribution in [3.63, 3.8) is 0 Å². The maximum absolute atomic E-state index is 13.2. The number of nitrogen functional groups attached to an aromatic ring is 1. The summed E-state index contributed by atoms with van der Waals surface area (Å²) < 4.78 is 13.6. The van der Waals surface area contributed by atoms with E-state index < -0.39 is 11.4 Å². The van der Waals surface area contributed by atoms with Gasteiger partial charge in [-0.3, -0.25) is 4.79 Å². The molecule has 1 aromatic carbocycles. The predicted molar refractivity (Wildman–Crippen MR) is 72.1 cm³/mol. The van der Waals surface area contributed by atoms with Gasteiger partial charge in [-0.15, -0.1) is 0 Å². The summed E-state index contributed by atoms with van der Waals surface area (Å²) in [5.41, 5.74) is 5.05. The molecular formula is C13H14BrFN2O2. The number of halogens is 2. The fraction of sp³-hybridized carbons (Fsp3) is 0.462. The molecule has 0 unspecified atom stereocenters. The van der Waals surface area contributed by atoms with Crippen molar-refractivity contribution in [2.75, 3.05) is 18.8 Å². The van der Waals surface area contributed by atoms with Crippen LogP contribution in [-0.2, 0) is 0 Å². The van der Waals surface area contributed by atoms with E-state index in [2.05, 4.69) is 15.9 Å². The molecule has 3 N–H and O–H groups in total. The molecule has 0 spiro atoms. The van der Waals surface area contributed by atoms with E-state index in [9.17, 15) is 14.3 Å². The molecule has 3 rings (SSSR count). The maximum atomic E-state index is 13.2.